The van der Waals surface area contributed by atoms with Crippen molar-refractivity contribution in [3.05, 3.63) is 76.9 Å². The first-order chi connectivity index (χ1) is 15.4. The SMILES string of the molecule is Cc1nn2c(NCc3ccccn3)c3c(nc2c1-c1ccc(C(F)(F)F)cc1)CCCC3. The van der Waals surface area contributed by atoms with Crippen LogP contribution >= 0.6 is 0 Å². The van der Waals surface area contributed by atoms with Gasteiger partial charge in [0.15, 0.2) is 5.65 Å². The summed E-state index contributed by atoms with van der Waals surface area (Å²) in [4.78, 5) is 9.31. The topological polar surface area (TPSA) is 55.1 Å². The molecule has 0 saturated carbocycles. The van der Waals surface area contributed by atoms with Crippen LogP contribution in [-0.4, -0.2) is 19.6 Å². The van der Waals surface area contributed by atoms with Crippen molar-refractivity contribution in [1.82, 2.24) is 19.6 Å². The summed E-state index contributed by atoms with van der Waals surface area (Å²) in [6.45, 7) is 2.41. The van der Waals surface area contributed by atoms with E-state index >= 15 is 0 Å². The Morgan fingerprint density at radius 2 is 1.81 bits per heavy atom. The third kappa shape index (κ3) is 3.70. The Kier molecular flexibility index (Phi) is 5.07. The van der Waals surface area contributed by atoms with Crippen LogP contribution in [0.25, 0.3) is 16.8 Å². The average molecular weight is 437 g/mol. The highest BCUT2D eigenvalue weighted by Crippen LogP contribution is 2.36. The van der Waals surface area contributed by atoms with Gasteiger partial charge in [0, 0.05) is 23.0 Å². The molecule has 0 fully saturated rings. The predicted molar refractivity (Wildman–Crippen MR) is 116 cm³/mol. The first kappa shape index (κ1) is 20.5. The van der Waals surface area contributed by atoms with Crippen molar-refractivity contribution in [3.8, 4) is 11.1 Å². The predicted octanol–water partition coefficient (Wildman–Crippen LogP) is 5.61. The maximum atomic E-state index is 13.0. The number of fused-ring (bicyclic) bond motifs is 2. The Bertz CT molecular complexity index is 1260. The lowest BCUT2D eigenvalue weighted by molar-refractivity contribution is -0.137. The maximum absolute atomic E-state index is 13.0. The summed E-state index contributed by atoms with van der Waals surface area (Å²) in [6, 6.07) is 11.0. The highest BCUT2D eigenvalue weighted by atomic mass is 19.4. The molecule has 3 heterocycles. The van der Waals surface area contributed by atoms with Crippen LogP contribution in [0, 0.1) is 6.92 Å². The molecular formula is C24H22F3N5. The highest BCUT2D eigenvalue weighted by Gasteiger charge is 2.30. The molecule has 1 N–H and O–H groups in total. The molecule has 0 saturated heterocycles. The lowest BCUT2D eigenvalue weighted by Gasteiger charge is -2.20. The molecule has 0 spiro atoms. The fourth-order valence-electron chi connectivity index (χ4n) is 4.32. The molecule has 1 aliphatic rings. The Labute approximate surface area is 183 Å². The lowest BCUT2D eigenvalue weighted by atomic mass is 9.96. The standard InChI is InChI=1S/C24H22F3N5/c1-15-21(16-9-11-17(12-10-16)24(25,26)27)23-30-20-8-3-2-7-19(20)22(32(23)31-15)29-14-18-6-4-5-13-28-18/h4-6,9-13,29H,2-3,7-8,14H2,1H3. The van der Waals surface area contributed by atoms with Gasteiger partial charge in [0.25, 0.3) is 0 Å². The van der Waals surface area contributed by atoms with Crippen molar-refractivity contribution < 1.29 is 13.2 Å². The summed E-state index contributed by atoms with van der Waals surface area (Å²) in [5.74, 6) is 0.886. The fourth-order valence-corrected chi connectivity index (χ4v) is 4.32. The Hall–Kier alpha value is -3.42. The van der Waals surface area contributed by atoms with E-state index in [1.54, 1.807) is 10.7 Å². The van der Waals surface area contributed by atoms with Gasteiger partial charge >= 0.3 is 6.18 Å². The molecule has 4 aromatic rings. The number of nitrogens with zero attached hydrogens (tertiary/aromatic N) is 4. The number of nitrogens with one attached hydrogen (secondary N) is 1. The van der Waals surface area contributed by atoms with Crippen LogP contribution in [0.5, 0.6) is 0 Å². The minimum absolute atomic E-state index is 0.543. The van der Waals surface area contributed by atoms with Crippen LogP contribution in [0.3, 0.4) is 0 Å². The van der Waals surface area contributed by atoms with E-state index in [-0.39, 0.29) is 0 Å². The van der Waals surface area contributed by atoms with E-state index < -0.39 is 11.7 Å². The van der Waals surface area contributed by atoms with Crippen molar-refractivity contribution in [2.75, 3.05) is 5.32 Å². The molecule has 0 amide bonds. The first-order valence-corrected chi connectivity index (χ1v) is 10.6. The first-order valence-electron chi connectivity index (χ1n) is 10.6. The van der Waals surface area contributed by atoms with E-state index in [2.05, 4.69) is 10.3 Å². The van der Waals surface area contributed by atoms with E-state index in [1.807, 2.05) is 25.1 Å². The van der Waals surface area contributed by atoms with Gasteiger partial charge in [0.1, 0.15) is 5.82 Å². The minimum Gasteiger partial charge on any atom is -0.364 e. The van der Waals surface area contributed by atoms with E-state index in [0.717, 1.165) is 71.8 Å². The number of pyridine rings is 1. The zero-order valence-electron chi connectivity index (χ0n) is 17.6. The maximum Gasteiger partial charge on any atom is 0.416 e. The summed E-state index contributed by atoms with van der Waals surface area (Å²) < 4.78 is 40.9. The Morgan fingerprint density at radius 3 is 2.53 bits per heavy atom. The van der Waals surface area contributed by atoms with Crippen LogP contribution < -0.4 is 5.32 Å². The number of hydrogen-bond acceptors (Lipinski definition) is 4. The molecule has 0 unspecified atom stereocenters. The molecule has 0 aliphatic heterocycles. The zero-order chi connectivity index (χ0) is 22.3. The quantitative estimate of drug-likeness (QED) is 0.451. The van der Waals surface area contributed by atoms with E-state index in [0.29, 0.717) is 17.8 Å². The number of benzene rings is 1. The molecule has 5 nitrogen and oxygen atoms in total. The Morgan fingerprint density at radius 1 is 1.03 bits per heavy atom. The van der Waals surface area contributed by atoms with Crippen molar-refractivity contribution >= 4 is 11.5 Å². The molecule has 164 valence electrons. The van der Waals surface area contributed by atoms with Gasteiger partial charge in [-0.05, 0) is 62.4 Å². The van der Waals surface area contributed by atoms with Gasteiger partial charge in [-0.2, -0.15) is 22.8 Å². The average Bonchev–Trinajstić information content (AvgIpc) is 3.12. The van der Waals surface area contributed by atoms with Crippen molar-refractivity contribution in [1.29, 1.82) is 0 Å². The second-order valence-electron chi connectivity index (χ2n) is 8.04. The van der Waals surface area contributed by atoms with Gasteiger partial charge in [-0.25, -0.2) is 4.98 Å². The minimum atomic E-state index is -4.37. The van der Waals surface area contributed by atoms with Crippen molar-refractivity contribution in [2.24, 2.45) is 0 Å². The number of halogens is 3. The smallest absolute Gasteiger partial charge is 0.364 e. The van der Waals surface area contributed by atoms with Gasteiger partial charge < -0.3 is 5.32 Å². The number of anilines is 1. The lowest BCUT2D eigenvalue weighted by Crippen LogP contribution is -2.15. The second-order valence-corrected chi connectivity index (χ2v) is 8.04. The number of alkyl halides is 3. The van der Waals surface area contributed by atoms with Crippen molar-refractivity contribution in [2.45, 2.75) is 45.3 Å². The number of aromatic nitrogens is 4. The van der Waals surface area contributed by atoms with Gasteiger partial charge in [-0.3, -0.25) is 4.98 Å². The molecule has 1 aliphatic carbocycles. The molecule has 8 heteroatoms. The van der Waals surface area contributed by atoms with E-state index in [9.17, 15) is 13.2 Å². The van der Waals surface area contributed by atoms with Gasteiger partial charge in [0.2, 0.25) is 0 Å². The summed E-state index contributed by atoms with van der Waals surface area (Å²) >= 11 is 0. The second kappa shape index (κ2) is 7.93. The van der Waals surface area contributed by atoms with Gasteiger partial charge in [-0.1, -0.05) is 18.2 Å². The summed E-state index contributed by atoms with van der Waals surface area (Å²) in [7, 11) is 0. The van der Waals surface area contributed by atoms with Crippen LogP contribution in [0.2, 0.25) is 0 Å². The van der Waals surface area contributed by atoms with Crippen LogP contribution in [-0.2, 0) is 25.6 Å². The molecule has 1 aromatic carbocycles. The van der Waals surface area contributed by atoms with Crippen LogP contribution in [0.15, 0.2) is 48.7 Å². The third-order valence-corrected chi connectivity index (χ3v) is 5.88. The molecule has 32 heavy (non-hydrogen) atoms. The molecular weight excluding hydrogens is 415 g/mol. The fraction of sp³-hybridized carbons (Fsp3) is 0.292. The summed E-state index contributed by atoms with van der Waals surface area (Å²) in [5, 5.41) is 8.23. The van der Waals surface area contributed by atoms with E-state index in [4.69, 9.17) is 10.1 Å². The zero-order valence-corrected chi connectivity index (χ0v) is 17.6. The van der Waals surface area contributed by atoms with Crippen molar-refractivity contribution in [3.63, 3.8) is 0 Å². The third-order valence-electron chi connectivity index (χ3n) is 5.88. The van der Waals surface area contributed by atoms with E-state index in [1.165, 1.54) is 12.1 Å². The number of rotatable bonds is 4. The molecule has 0 bridgehead atoms. The Balaban J connectivity index is 1.62. The molecule has 3 aromatic heterocycles. The molecule has 0 radical (unpaired) electrons. The highest BCUT2D eigenvalue weighted by molar-refractivity contribution is 5.81. The van der Waals surface area contributed by atoms with Crippen LogP contribution in [0.1, 0.15) is 41.1 Å². The number of hydrogen-bond donors (Lipinski definition) is 1. The normalized spacial score (nSPS) is 13.9. The summed E-state index contributed by atoms with van der Waals surface area (Å²) in [6.07, 6.45) is 1.34. The summed E-state index contributed by atoms with van der Waals surface area (Å²) in [5.41, 5.74) is 5.23. The number of aryl methyl sites for hydroxylation is 2. The molecule has 0 atom stereocenters. The largest absolute Gasteiger partial charge is 0.416 e. The van der Waals surface area contributed by atoms with Crippen LogP contribution in [0.4, 0.5) is 19.0 Å². The molecule has 5 rings (SSSR count). The van der Waals surface area contributed by atoms with Gasteiger partial charge in [-0.15, -0.1) is 0 Å². The monoisotopic (exact) mass is 437 g/mol. The van der Waals surface area contributed by atoms with Gasteiger partial charge in [0.05, 0.1) is 23.5 Å².